The maximum atomic E-state index is 13.6. The van der Waals surface area contributed by atoms with E-state index >= 15 is 0 Å². The van der Waals surface area contributed by atoms with Crippen molar-refractivity contribution in [1.82, 2.24) is 0 Å². The van der Waals surface area contributed by atoms with Gasteiger partial charge in [-0.05, 0) is 56.6 Å². The Labute approximate surface area is 243 Å². The molecule has 1 saturated heterocycles. The summed E-state index contributed by atoms with van der Waals surface area (Å²) < 4.78 is 24.0. The fourth-order valence-electron chi connectivity index (χ4n) is 6.26. The maximum absolute atomic E-state index is 13.6. The van der Waals surface area contributed by atoms with Crippen molar-refractivity contribution in [3.05, 3.63) is 83.5 Å². The van der Waals surface area contributed by atoms with Gasteiger partial charge in [-0.2, -0.15) is 0 Å². The summed E-state index contributed by atoms with van der Waals surface area (Å²) in [6.07, 6.45) is 10.8. The van der Waals surface area contributed by atoms with E-state index in [0.717, 1.165) is 36.8 Å². The number of cyclic esters (lactones) is 1. The average Bonchev–Trinajstić information content (AvgIpc) is 3.70. The molecule has 4 heterocycles. The van der Waals surface area contributed by atoms with Gasteiger partial charge in [0.1, 0.15) is 18.3 Å². The van der Waals surface area contributed by atoms with Crippen LogP contribution in [0.5, 0.6) is 0 Å². The highest BCUT2D eigenvalue weighted by molar-refractivity contribution is 5.91. The van der Waals surface area contributed by atoms with Crippen molar-refractivity contribution in [3.8, 4) is 0 Å². The predicted molar refractivity (Wildman–Crippen MR) is 156 cm³/mol. The molecule has 222 valence electrons. The molecule has 0 aliphatic carbocycles. The number of ether oxygens (including phenoxy) is 4. The van der Waals surface area contributed by atoms with Gasteiger partial charge in [0, 0.05) is 12.8 Å². The van der Waals surface area contributed by atoms with Crippen LogP contribution in [-0.4, -0.2) is 71.6 Å². The molecular formula is C34H44O7. The molecule has 0 spiro atoms. The summed E-state index contributed by atoms with van der Waals surface area (Å²) in [6.45, 7) is 9.02. The van der Waals surface area contributed by atoms with Gasteiger partial charge < -0.3 is 29.2 Å². The lowest BCUT2D eigenvalue weighted by Crippen LogP contribution is -2.33. The Morgan fingerprint density at radius 3 is 2.76 bits per heavy atom. The van der Waals surface area contributed by atoms with Gasteiger partial charge in [0.2, 0.25) is 0 Å². The van der Waals surface area contributed by atoms with Gasteiger partial charge in [-0.25, -0.2) is 4.79 Å². The van der Waals surface area contributed by atoms with E-state index in [2.05, 4.69) is 32.6 Å². The van der Waals surface area contributed by atoms with E-state index in [-0.39, 0.29) is 36.9 Å². The van der Waals surface area contributed by atoms with E-state index in [0.29, 0.717) is 30.9 Å². The van der Waals surface area contributed by atoms with Crippen LogP contribution in [0, 0.1) is 5.92 Å². The van der Waals surface area contributed by atoms with Crippen molar-refractivity contribution in [3.63, 3.8) is 0 Å². The van der Waals surface area contributed by atoms with Crippen molar-refractivity contribution >= 4 is 5.97 Å². The minimum atomic E-state index is -1.06. The van der Waals surface area contributed by atoms with Crippen LogP contribution in [0.4, 0.5) is 0 Å². The van der Waals surface area contributed by atoms with E-state index in [1.54, 1.807) is 12.1 Å². The highest BCUT2D eigenvalue weighted by atomic mass is 16.6. The summed E-state index contributed by atoms with van der Waals surface area (Å²) in [5, 5.41) is 22.1. The van der Waals surface area contributed by atoms with Crippen LogP contribution >= 0.6 is 0 Å². The molecule has 1 aromatic rings. The number of fused-ring (bicyclic) bond motifs is 4. The van der Waals surface area contributed by atoms with E-state index < -0.39 is 24.3 Å². The summed E-state index contributed by atoms with van der Waals surface area (Å²) in [7, 11) is 0. The number of hydrogen-bond donors (Lipinski definition) is 2. The highest BCUT2D eigenvalue weighted by Crippen LogP contribution is 2.35. The first-order valence-corrected chi connectivity index (χ1v) is 15.0. The summed E-state index contributed by atoms with van der Waals surface area (Å²) in [6, 6.07) is 7.42. The lowest BCUT2D eigenvalue weighted by Gasteiger charge is -2.29. The van der Waals surface area contributed by atoms with Crippen LogP contribution in [-0.2, 0) is 25.4 Å². The Balaban J connectivity index is 1.37. The number of rotatable bonds is 3. The average molecular weight is 565 g/mol. The molecule has 2 N–H and O–H groups in total. The normalized spacial score (nSPS) is 35.9. The third-order valence-electron chi connectivity index (χ3n) is 8.47. The molecule has 41 heavy (non-hydrogen) atoms. The minimum Gasteiger partial charge on any atom is -0.456 e. The molecule has 0 aromatic heterocycles. The van der Waals surface area contributed by atoms with Gasteiger partial charge >= 0.3 is 5.97 Å². The molecule has 7 nitrogen and oxygen atoms in total. The fourth-order valence-corrected chi connectivity index (χ4v) is 6.26. The van der Waals surface area contributed by atoms with Crippen molar-refractivity contribution in [2.45, 2.75) is 108 Å². The second kappa shape index (κ2) is 13.6. The van der Waals surface area contributed by atoms with Crippen LogP contribution < -0.4 is 0 Å². The molecule has 5 rings (SSSR count). The maximum Gasteiger partial charge on any atom is 0.338 e. The number of esters is 1. The first kappa shape index (κ1) is 29.9. The topological polar surface area (TPSA) is 97.8 Å². The van der Waals surface area contributed by atoms with Crippen molar-refractivity contribution in [2.24, 2.45) is 5.92 Å². The first-order chi connectivity index (χ1) is 19.7. The molecule has 0 radical (unpaired) electrons. The van der Waals surface area contributed by atoms with Crippen LogP contribution in [0.3, 0.4) is 0 Å². The predicted octanol–water partition coefficient (Wildman–Crippen LogP) is 5.02. The molecule has 4 aliphatic heterocycles. The van der Waals surface area contributed by atoms with Crippen LogP contribution in [0.25, 0.3) is 0 Å². The Kier molecular flexibility index (Phi) is 9.94. The number of aliphatic hydroxyl groups is 2. The zero-order chi connectivity index (χ0) is 28.9. The number of aliphatic hydroxyl groups excluding tert-OH is 2. The number of epoxide rings is 1. The molecular weight excluding hydrogens is 520 g/mol. The summed E-state index contributed by atoms with van der Waals surface area (Å²) in [5.74, 6) is -0.134. The molecule has 1 fully saturated rings. The Hall–Kier alpha value is -2.55. The van der Waals surface area contributed by atoms with Gasteiger partial charge in [-0.15, -0.1) is 0 Å². The Morgan fingerprint density at radius 2 is 1.93 bits per heavy atom. The fraction of sp³-hybridized carbons (Fsp3) is 0.559. The largest absolute Gasteiger partial charge is 0.456 e. The summed E-state index contributed by atoms with van der Waals surface area (Å²) >= 11 is 0. The zero-order valence-electron chi connectivity index (χ0n) is 24.2. The van der Waals surface area contributed by atoms with E-state index in [1.807, 2.05) is 30.4 Å². The van der Waals surface area contributed by atoms with E-state index in [1.165, 1.54) is 5.57 Å². The third-order valence-corrected chi connectivity index (χ3v) is 8.47. The van der Waals surface area contributed by atoms with Crippen LogP contribution in [0.1, 0.15) is 68.3 Å². The van der Waals surface area contributed by atoms with Crippen LogP contribution in [0.15, 0.2) is 72.4 Å². The Morgan fingerprint density at radius 1 is 1.10 bits per heavy atom. The minimum absolute atomic E-state index is 0.0885. The molecule has 0 unspecified atom stereocenters. The van der Waals surface area contributed by atoms with Gasteiger partial charge in [-0.1, -0.05) is 73.2 Å². The molecule has 9 atom stereocenters. The van der Waals surface area contributed by atoms with Crippen molar-refractivity contribution in [1.29, 1.82) is 0 Å². The van der Waals surface area contributed by atoms with Crippen LogP contribution in [0.2, 0.25) is 0 Å². The van der Waals surface area contributed by atoms with E-state index in [4.69, 9.17) is 18.9 Å². The number of carbonyl (C=O) groups excluding carboxylic acids is 1. The molecule has 4 aliphatic rings. The van der Waals surface area contributed by atoms with E-state index in [9.17, 15) is 15.0 Å². The lowest BCUT2D eigenvalue weighted by atomic mass is 9.90. The summed E-state index contributed by atoms with van der Waals surface area (Å²) in [5.41, 5.74) is 3.53. The lowest BCUT2D eigenvalue weighted by molar-refractivity contribution is -0.0107. The standard InChI is InChI=1S/C34H44O7/c1-21-13-14-38-25(16-21)11-12-29(35)31-20-32-33(40-32)30(36)18-23(3)15-22(2)17-26-8-6-9-27(39-26)19-24-7-4-5-10-28(24)34(37)41-31/h4-7,9-13,22,25-27,29-33,35-36H,3,8,14-20H2,1-2H3/b12-11+/t22-,25+,26-,27-,29-,30-,31-,32-,33-/m0/s1. The molecule has 0 saturated carbocycles. The monoisotopic (exact) mass is 564 g/mol. The highest BCUT2D eigenvalue weighted by Gasteiger charge is 2.47. The molecule has 1 aromatic carbocycles. The zero-order valence-corrected chi connectivity index (χ0v) is 24.2. The van der Waals surface area contributed by atoms with Crippen molar-refractivity contribution in [2.75, 3.05) is 6.61 Å². The SMILES string of the molecule is C=C1C[C@H](C)C[C@@H]2CC=C[C@@H](Cc3ccccc3C(=O)O[C@H]([C@@H](O)/C=C/[C@@H]3CC(C)=CCO3)C[C@@H]3O[C@H]3[C@@H](O)C1)O2. The smallest absolute Gasteiger partial charge is 0.338 e. The van der Waals surface area contributed by atoms with Gasteiger partial charge in [0.15, 0.2) is 0 Å². The number of hydrogen-bond acceptors (Lipinski definition) is 7. The quantitative estimate of drug-likeness (QED) is 0.302. The molecule has 0 amide bonds. The van der Waals surface area contributed by atoms with Gasteiger partial charge in [-0.3, -0.25) is 0 Å². The number of carbonyl (C=O) groups is 1. The summed E-state index contributed by atoms with van der Waals surface area (Å²) in [4.78, 5) is 13.6. The van der Waals surface area contributed by atoms with Gasteiger partial charge in [0.05, 0.1) is 42.7 Å². The third kappa shape index (κ3) is 8.27. The van der Waals surface area contributed by atoms with Crippen molar-refractivity contribution < 1.29 is 34.0 Å². The second-order valence-corrected chi connectivity index (χ2v) is 12.2. The second-order valence-electron chi connectivity index (χ2n) is 12.2. The molecule has 7 heteroatoms. The Bertz CT molecular complexity index is 1170. The van der Waals surface area contributed by atoms with Gasteiger partial charge in [0.25, 0.3) is 0 Å². The first-order valence-electron chi connectivity index (χ1n) is 15.0. The molecule has 2 bridgehead atoms. The number of benzene rings is 1.